The van der Waals surface area contributed by atoms with E-state index in [-0.39, 0.29) is 16.6 Å². The minimum atomic E-state index is -0.519. The van der Waals surface area contributed by atoms with E-state index < -0.39 is 6.09 Å². The molecule has 2 aromatic carbocycles. The average molecular weight is 413 g/mol. The standard InChI is InChI=1S/C22H23NO7/c1-5-10-23-22(25)29-14-8-6-13(7-9-14)16-11-15(24)19-17(30-16)12-18(26-2)20(27-3)21(19)28-4/h6-9,11-12H,5,10H2,1-4H3,(H,23,25). The van der Waals surface area contributed by atoms with Crippen molar-refractivity contribution < 1.29 is 28.2 Å². The fourth-order valence-corrected chi connectivity index (χ4v) is 2.99. The van der Waals surface area contributed by atoms with Crippen LogP contribution >= 0.6 is 0 Å². The van der Waals surface area contributed by atoms with E-state index in [0.29, 0.717) is 40.7 Å². The van der Waals surface area contributed by atoms with Crippen LogP contribution in [0.15, 0.2) is 45.6 Å². The van der Waals surface area contributed by atoms with Crippen LogP contribution in [-0.2, 0) is 0 Å². The second kappa shape index (κ2) is 9.21. The number of carbonyl (C=O) groups excluding carboxylic acids is 1. The Labute approximate surface area is 173 Å². The number of fused-ring (bicyclic) bond motifs is 1. The monoisotopic (exact) mass is 413 g/mol. The topological polar surface area (TPSA) is 96.2 Å². The molecule has 0 saturated carbocycles. The van der Waals surface area contributed by atoms with Gasteiger partial charge in [-0.05, 0) is 30.7 Å². The van der Waals surface area contributed by atoms with Crippen molar-refractivity contribution in [2.75, 3.05) is 27.9 Å². The number of methoxy groups -OCH3 is 3. The first-order chi connectivity index (χ1) is 14.5. The average Bonchev–Trinajstić information content (AvgIpc) is 2.76. The molecule has 0 fully saturated rings. The first-order valence-corrected chi connectivity index (χ1v) is 9.35. The van der Waals surface area contributed by atoms with Crippen LogP contribution in [0.25, 0.3) is 22.3 Å². The summed E-state index contributed by atoms with van der Waals surface area (Å²) < 4.78 is 27.2. The summed E-state index contributed by atoms with van der Waals surface area (Å²) in [5, 5.41) is 2.89. The Kier molecular flexibility index (Phi) is 6.46. The number of benzene rings is 2. The van der Waals surface area contributed by atoms with Gasteiger partial charge in [-0.2, -0.15) is 0 Å². The van der Waals surface area contributed by atoms with Gasteiger partial charge in [0.25, 0.3) is 0 Å². The molecule has 30 heavy (non-hydrogen) atoms. The fourth-order valence-electron chi connectivity index (χ4n) is 2.99. The van der Waals surface area contributed by atoms with Crippen molar-refractivity contribution in [3.05, 3.63) is 46.6 Å². The van der Waals surface area contributed by atoms with Crippen molar-refractivity contribution >= 4 is 17.1 Å². The van der Waals surface area contributed by atoms with Crippen molar-refractivity contribution in [3.8, 4) is 34.3 Å². The number of hydrogen-bond acceptors (Lipinski definition) is 7. The molecular formula is C22H23NO7. The number of nitrogens with one attached hydrogen (secondary N) is 1. The van der Waals surface area contributed by atoms with E-state index in [1.165, 1.54) is 27.4 Å². The quantitative estimate of drug-likeness (QED) is 0.626. The molecule has 0 saturated heterocycles. The third-order valence-corrected chi connectivity index (χ3v) is 4.39. The number of hydrogen-bond donors (Lipinski definition) is 1. The molecule has 0 aliphatic carbocycles. The Bertz CT molecular complexity index is 1100. The minimum Gasteiger partial charge on any atom is -0.493 e. The van der Waals surface area contributed by atoms with E-state index in [0.717, 1.165) is 6.42 Å². The Balaban J connectivity index is 1.99. The molecule has 0 atom stereocenters. The predicted octanol–water partition coefficient (Wildman–Crippen LogP) is 3.98. The van der Waals surface area contributed by atoms with E-state index >= 15 is 0 Å². The molecule has 3 rings (SSSR count). The van der Waals surface area contributed by atoms with Crippen molar-refractivity contribution in [1.29, 1.82) is 0 Å². The Morgan fingerprint density at radius 3 is 2.30 bits per heavy atom. The third-order valence-electron chi connectivity index (χ3n) is 4.39. The molecule has 1 amide bonds. The molecule has 0 aliphatic rings. The molecule has 3 aromatic rings. The van der Waals surface area contributed by atoms with Gasteiger partial charge in [0.1, 0.15) is 22.5 Å². The van der Waals surface area contributed by atoms with E-state index in [9.17, 15) is 9.59 Å². The fraction of sp³-hybridized carbons (Fsp3) is 0.273. The van der Waals surface area contributed by atoms with Crippen molar-refractivity contribution in [1.82, 2.24) is 5.32 Å². The number of rotatable bonds is 7. The Morgan fingerprint density at radius 1 is 1.00 bits per heavy atom. The van der Waals surface area contributed by atoms with Crippen LogP contribution < -0.4 is 29.7 Å². The van der Waals surface area contributed by atoms with Gasteiger partial charge in [0.2, 0.25) is 5.75 Å². The van der Waals surface area contributed by atoms with Gasteiger partial charge in [-0.15, -0.1) is 0 Å². The van der Waals surface area contributed by atoms with Crippen LogP contribution in [-0.4, -0.2) is 34.0 Å². The maximum atomic E-state index is 12.8. The van der Waals surface area contributed by atoms with Gasteiger partial charge in [-0.25, -0.2) is 4.79 Å². The Hall–Kier alpha value is -3.68. The molecule has 8 nitrogen and oxygen atoms in total. The van der Waals surface area contributed by atoms with Gasteiger partial charge in [-0.3, -0.25) is 4.79 Å². The van der Waals surface area contributed by atoms with Crippen LogP contribution in [0.5, 0.6) is 23.0 Å². The van der Waals surface area contributed by atoms with Gasteiger partial charge in [0.15, 0.2) is 16.9 Å². The zero-order chi connectivity index (χ0) is 21.7. The summed E-state index contributed by atoms with van der Waals surface area (Å²) in [4.78, 5) is 24.5. The first kappa shape index (κ1) is 21.0. The summed E-state index contributed by atoms with van der Waals surface area (Å²) in [6, 6.07) is 9.60. The Morgan fingerprint density at radius 2 is 1.70 bits per heavy atom. The lowest BCUT2D eigenvalue weighted by Gasteiger charge is -2.14. The molecular weight excluding hydrogens is 390 g/mol. The summed E-state index contributed by atoms with van der Waals surface area (Å²) in [5.41, 5.74) is 0.652. The maximum Gasteiger partial charge on any atom is 0.412 e. The molecule has 1 heterocycles. The SMILES string of the molecule is CCCNC(=O)Oc1ccc(-c2cc(=O)c3c(OC)c(OC)c(OC)cc3o2)cc1. The second-order valence-corrected chi connectivity index (χ2v) is 6.33. The smallest absolute Gasteiger partial charge is 0.412 e. The normalized spacial score (nSPS) is 10.5. The summed E-state index contributed by atoms with van der Waals surface area (Å²) in [5.74, 6) is 1.67. The van der Waals surface area contributed by atoms with Gasteiger partial charge in [0, 0.05) is 24.2 Å². The second-order valence-electron chi connectivity index (χ2n) is 6.33. The number of carbonyl (C=O) groups is 1. The molecule has 1 N–H and O–H groups in total. The molecule has 8 heteroatoms. The minimum absolute atomic E-state index is 0.244. The highest BCUT2D eigenvalue weighted by Crippen LogP contribution is 2.42. The maximum absolute atomic E-state index is 12.8. The van der Waals surface area contributed by atoms with Crippen LogP contribution in [0.1, 0.15) is 13.3 Å². The summed E-state index contributed by atoms with van der Waals surface area (Å²) >= 11 is 0. The van der Waals surface area contributed by atoms with Crippen LogP contribution in [0, 0.1) is 0 Å². The molecule has 1 aromatic heterocycles. The van der Waals surface area contributed by atoms with Crippen LogP contribution in [0.2, 0.25) is 0 Å². The van der Waals surface area contributed by atoms with Gasteiger partial charge in [0.05, 0.1) is 21.3 Å². The van der Waals surface area contributed by atoms with Crippen molar-refractivity contribution in [3.63, 3.8) is 0 Å². The van der Waals surface area contributed by atoms with E-state index in [4.69, 9.17) is 23.4 Å². The zero-order valence-electron chi connectivity index (χ0n) is 17.2. The highest BCUT2D eigenvalue weighted by molar-refractivity contribution is 5.90. The van der Waals surface area contributed by atoms with E-state index in [2.05, 4.69) is 5.32 Å². The lowest BCUT2D eigenvalue weighted by molar-refractivity contribution is 0.200. The van der Waals surface area contributed by atoms with Gasteiger partial charge >= 0.3 is 6.09 Å². The van der Waals surface area contributed by atoms with Crippen LogP contribution in [0.4, 0.5) is 4.79 Å². The van der Waals surface area contributed by atoms with E-state index in [1.54, 1.807) is 30.3 Å². The molecule has 158 valence electrons. The summed E-state index contributed by atoms with van der Waals surface area (Å²) in [6.07, 6.45) is 0.297. The molecule has 0 bridgehead atoms. The number of ether oxygens (including phenoxy) is 4. The molecule has 0 radical (unpaired) electrons. The zero-order valence-corrected chi connectivity index (χ0v) is 17.2. The lowest BCUT2D eigenvalue weighted by atomic mass is 10.1. The first-order valence-electron chi connectivity index (χ1n) is 9.35. The highest BCUT2D eigenvalue weighted by Gasteiger charge is 2.20. The van der Waals surface area contributed by atoms with Gasteiger partial charge < -0.3 is 28.7 Å². The predicted molar refractivity (Wildman–Crippen MR) is 112 cm³/mol. The van der Waals surface area contributed by atoms with Crippen molar-refractivity contribution in [2.45, 2.75) is 13.3 Å². The largest absolute Gasteiger partial charge is 0.493 e. The molecule has 0 spiro atoms. The lowest BCUT2D eigenvalue weighted by Crippen LogP contribution is -2.27. The van der Waals surface area contributed by atoms with Gasteiger partial charge in [-0.1, -0.05) is 6.92 Å². The van der Waals surface area contributed by atoms with Crippen molar-refractivity contribution in [2.24, 2.45) is 0 Å². The molecule has 0 unspecified atom stereocenters. The summed E-state index contributed by atoms with van der Waals surface area (Å²) in [6.45, 7) is 2.49. The third kappa shape index (κ3) is 4.17. The molecule has 0 aliphatic heterocycles. The van der Waals surface area contributed by atoms with E-state index in [1.807, 2.05) is 6.92 Å². The number of amides is 1. The van der Waals surface area contributed by atoms with Crippen LogP contribution in [0.3, 0.4) is 0 Å². The highest BCUT2D eigenvalue weighted by atomic mass is 16.6. The summed E-state index contributed by atoms with van der Waals surface area (Å²) in [7, 11) is 4.40.